The van der Waals surface area contributed by atoms with Gasteiger partial charge < -0.3 is 5.73 Å². The Hall–Kier alpha value is -2.08. The Morgan fingerprint density at radius 1 is 1.33 bits per heavy atom. The maximum Gasteiger partial charge on any atom is 0.189 e. The van der Waals surface area contributed by atoms with E-state index >= 15 is 0 Å². The molecule has 1 aromatic heterocycles. The first-order valence-electron chi connectivity index (χ1n) is 5.57. The quantitative estimate of drug-likeness (QED) is 0.794. The third-order valence-electron chi connectivity index (χ3n) is 2.46. The van der Waals surface area contributed by atoms with E-state index in [4.69, 9.17) is 5.73 Å². The van der Waals surface area contributed by atoms with Gasteiger partial charge in [-0.05, 0) is 17.7 Å². The van der Waals surface area contributed by atoms with Crippen molar-refractivity contribution in [3.63, 3.8) is 0 Å². The maximum absolute atomic E-state index is 12.7. The fourth-order valence-electron chi connectivity index (χ4n) is 1.55. The number of nitrogens with two attached hydrogens (primary N) is 1. The van der Waals surface area contributed by atoms with Gasteiger partial charge in [-0.1, -0.05) is 17.3 Å². The summed E-state index contributed by atoms with van der Waals surface area (Å²) in [7, 11) is 0. The van der Waals surface area contributed by atoms with Crippen molar-refractivity contribution >= 4 is 5.78 Å². The molecule has 0 aliphatic carbocycles. The molecule has 0 amide bonds. The number of halogens is 1. The predicted molar refractivity (Wildman–Crippen MR) is 63.5 cm³/mol. The number of carbonyl (C=O) groups is 1. The first-order valence-corrected chi connectivity index (χ1v) is 5.57. The molecule has 0 saturated carbocycles. The largest absolute Gasteiger partial charge is 0.329 e. The number of ketones is 1. The summed E-state index contributed by atoms with van der Waals surface area (Å²) in [5.41, 5.74) is 6.42. The molecule has 0 saturated heterocycles. The molecule has 2 rings (SSSR count). The maximum atomic E-state index is 12.7. The summed E-state index contributed by atoms with van der Waals surface area (Å²) in [5, 5.41) is 7.57. The Kier molecular flexibility index (Phi) is 3.78. The van der Waals surface area contributed by atoms with Crippen LogP contribution in [0.5, 0.6) is 0 Å². The van der Waals surface area contributed by atoms with E-state index in [9.17, 15) is 9.18 Å². The van der Waals surface area contributed by atoms with Crippen LogP contribution in [0.25, 0.3) is 0 Å². The lowest BCUT2D eigenvalue weighted by Crippen LogP contribution is -2.10. The van der Waals surface area contributed by atoms with Crippen LogP contribution in [0.3, 0.4) is 0 Å². The summed E-state index contributed by atoms with van der Waals surface area (Å²) >= 11 is 0. The van der Waals surface area contributed by atoms with E-state index in [-0.39, 0.29) is 18.0 Å². The van der Waals surface area contributed by atoms with E-state index in [1.54, 1.807) is 18.3 Å². The lowest BCUT2D eigenvalue weighted by Gasteiger charge is -1.98. The minimum absolute atomic E-state index is 0.148. The average Bonchev–Trinajstić information content (AvgIpc) is 2.81. The summed E-state index contributed by atoms with van der Waals surface area (Å²) < 4.78 is 14.2. The zero-order chi connectivity index (χ0) is 13.0. The van der Waals surface area contributed by atoms with Gasteiger partial charge in [-0.15, -0.1) is 5.10 Å². The zero-order valence-corrected chi connectivity index (χ0v) is 9.71. The molecule has 18 heavy (non-hydrogen) atoms. The first kappa shape index (κ1) is 12.4. The molecule has 0 radical (unpaired) electrons. The van der Waals surface area contributed by atoms with Crippen molar-refractivity contribution in [3.8, 4) is 0 Å². The fraction of sp³-hybridized carbons (Fsp3) is 0.250. The lowest BCUT2D eigenvalue weighted by molar-refractivity contribution is 0.0988. The first-order chi connectivity index (χ1) is 8.69. The van der Waals surface area contributed by atoms with Crippen LogP contribution in [0.15, 0.2) is 30.5 Å². The summed E-state index contributed by atoms with van der Waals surface area (Å²) in [6, 6.07) is 5.82. The molecule has 2 aromatic rings. The number of benzene rings is 1. The van der Waals surface area contributed by atoms with Crippen LogP contribution >= 0.6 is 0 Å². The smallest absolute Gasteiger partial charge is 0.189 e. The molecule has 0 unspecified atom stereocenters. The Morgan fingerprint density at radius 2 is 2.06 bits per heavy atom. The van der Waals surface area contributed by atoms with E-state index < -0.39 is 0 Å². The molecular formula is C12H13FN4O. The fourth-order valence-corrected chi connectivity index (χ4v) is 1.55. The summed E-state index contributed by atoms with van der Waals surface area (Å²) in [6.07, 6.45) is 1.75. The van der Waals surface area contributed by atoms with Gasteiger partial charge in [0.25, 0.3) is 0 Å². The SMILES string of the molecule is NCCn1cc(C(=O)Cc2ccc(F)cc2)nn1. The third-order valence-corrected chi connectivity index (χ3v) is 2.46. The molecule has 1 heterocycles. The summed E-state index contributed by atoms with van der Waals surface area (Å²) in [4.78, 5) is 11.9. The molecule has 6 heteroatoms. The van der Waals surface area contributed by atoms with Crippen LogP contribution in [-0.4, -0.2) is 27.3 Å². The highest BCUT2D eigenvalue weighted by Gasteiger charge is 2.11. The number of Topliss-reactive ketones (excluding diaryl/α,β-unsaturated/α-hetero) is 1. The molecule has 0 aliphatic heterocycles. The number of aromatic nitrogens is 3. The molecule has 2 N–H and O–H groups in total. The molecule has 0 aliphatic rings. The topological polar surface area (TPSA) is 73.8 Å². The minimum atomic E-state index is -0.319. The standard InChI is InChI=1S/C12H13FN4O/c13-10-3-1-9(2-4-10)7-12(18)11-8-17(6-5-14)16-15-11/h1-4,8H,5-7,14H2. The van der Waals surface area contributed by atoms with E-state index in [0.717, 1.165) is 5.56 Å². The molecule has 5 nitrogen and oxygen atoms in total. The van der Waals surface area contributed by atoms with E-state index in [1.807, 2.05) is 0 Å². The predicted octanol–water partition coefficient (Wildman–Crippen LogP) is 0.801. The number of hydrogen-bond acceptors (Lipinski definition) is 4. The number of carbonyl (C=O) groups excluding carboxylic acids is 1. The van der Waals surface area contributed by atoms with Crippen LogP contribution in [-0.2, 0) is 13.0 Å². The molecule has 94 valence electrons. The minimum Gasteiger partial charge on any atom is -0.329 e. The second kappa shape index (κ2) is 5.50. The molecule has 0 atom stereocenters. The lowest BCUT2D eigenvalue weighted by atomic mass is 10.1. The van der Waals surface area contributed by atoms with Crippen molar-refractivity contribution in [3.05, 3.63) is 47.5 Å². The Morgan fingerprint density at radius 3 is 2.72 bits per heavy atom. The highest BCUT2D eigenvalue weighted by atomic mass is 19.1. The van der Waals surface area contributed by atoms with Crippen molar-refractivity contribution in [2.75, 3.05) is 6.54 Å². The van der Waals surface area contributed by atoms with Gasteiger partial charge >= 0.3 is 0 Å². The summed E-state index contributed by atoms with van der Waals surface area (Å²) in [6.45, 7) is 0.964. The summed E-state index contributed by atoms with van der Waals surface area (Å²) in [5.74, 6) is -0.468. The van der Waals surface area contributed by atoms with Gasteiger partial charge in [0, 0.05) is 13.0 Å². The second-order valence-electron chi connectivity index (χ2n) is 3.88. The molecule has 0 spiro atoms. The molecule has 0 bridgehead atoms. The number of nitrogens with zero attached hydrogens (tertiary/aromatic N) is 3. The van der Waals surface area contributed by atoms with Crippen molar-refractivity contribution in [2.24, 2.45) is 5.73 Å². The van der Waals surface area contributed by atoms with Gasteiger partial charge in [0.1, 0.15) is 11.5 Å². The van der Waals surface area contributed by atoms with E-state index in [0.29, 0.717) is 18.8 Å². The Balaban J connectivity index is 2.04. The van der Waals surface area contributed by atoms with Crippen molar-refractivity contribution in [1.82, 2.24) is 15.0 Å². The van der Waals surface area contributed by atoms with E-state index in [2.05, 4.69) is 10.3 Å². The van der Waals surface area contributed by atoms with Crippen LogP contribution in [0.2, 0.25) is 0 Å². The van der Waals surface area contributed by atoms with E-state index in [1.165, 1.54) is 16.8 Å². The average molecular weight is 248 g/mol. The monoisotopic (exact) mass is 248 g/mol. The van der Waals surface area contributed by atoms with Crippen LogP contribution < -0.4 is 5.73 Å². The van der Waals surface area contributed by atoms with Crippen molar-refractivity contribution in [1.29, 1.82) is 0 Å². The highest BCUT2D eigenvalue weighted by molar-refractivity contribution is 5.95. The number of rotatable bonds is 5. The second-order valence-corrected chi connectivity index (χ2v) is 3.88. The van der Waals surface area contributed by atoms with Crippen LogP contribution in [0, 0.1) is 5.82 Å². The van der Waals surface area contributed by atoms with Crippen LogP contribution in [0.1, 0.15) is 16.1 Å². The van der Waals surface area contributed by atoms with Gasteiger partial charge in [-0.2, -0.15) is 0 Å². The third kappa shape index (κ3) is 2.98. The van der Waals surface area contributed by atoms with Gasteiger partial charge in [-0.3, -0.25) is 9.48 Å². The Labute approximate surface area is 103 Å². The van der Waals surface area contributed by atoms with Gasteiger partial charge in [0.15, 0.2) is 5.78 Å². The normalized spacial score (nSPS) is 10.6. The van der Waals surface area contributed by atoms with Gasteiger partial charge in [0.05, 0.1) is 12.7 Å². The molecular weight excluding hydrogens is 235 g/mol. The zero-order valence-electron chi connectivity index (χ0n) is 9.71. The van der Waals surface area contributed by atoms with Crippen molar-refractivity contribution < 1.29 is 9.18 Å². The Bertz CT molecular complexity index is 535. The molecule has 0 fully saturated rings. The molecule has 1 aromatic carbocycles. The van der Waals surface area contributed by atoms with Crippen molar-refractivity contribution in [2.45, 2.75) is 13.0 Å². The van der Waals surface area contributed by atoms with Gasteiger partial charge in [-0.25, -0.2) is 4.39 Å². The highest BCUT2D eigenvalue weighted by Crippen LogP contribution is 2.07. The van der Waals surface area contributed by atoms with Crippen LogP contribution in [0.4, 0.5) is 4.39 Å². The van der Waals surface area contributed by atoms with Gasteiger partial charge in [0.2, 0.25) is 0 Å². The number of hydrogen-bond donors (Lipinski definition) is 1.